The molecule has 19 heavy (non-hydrogen) atoms. The van der Waals surface area contributed by atoms with Gasteiger partial charge in [0.1, 0.15) is 17.3 Å². The Balaban J connectivity index is 2.42. The number of benzene rings is 2. The van der Waals surface area contributed by atoms with Gasteiger partial charge >= 0.3 is 0 Å². The highest BCUT2D eigenvalue weighted by Gasteiger charge is 2.09. The van der Waals surface area contributed by atoms with Gasteiger partial charge in [-0.2, -0.15) is 0 Å². The molecular formula is C14H12Cl2N2O. The van der Waals surface area contributed by atoms with Crippen molar-refractivity contribution in [3.05, 3.63) is 57.6 Å². The molecule has 0 aliphatic heterocycles. The summed E-state index contributed by atoms with van der Waals surface area (Å²) < 4.78 is 5.72. The number of nitrogen functional groups attached to an aromatic ring is 1. The van der Waals surface area contributed by atoms with E-state index in [9.17, 15) is 0 Å². The number of nitrogens with one attached hydrogen (secondary N) is 1. The first kappa shape index (κ1) is 13.7. The summed E-state index contributed by atoms with van der Waals surface area (Å²) in [6, 6.07) is 10.4. The van der Waals surface area contributed by atoms with E-state index in [1.54, 1.807) is 24.3 Å². The van der Waals surface area contributed by atoms with Crippen molar-refractivity contribution in [2.45, 2.75) is 6.92 Å². The molecule has 0 radical (unpaired) electrons. The van der Waals surface area contributed by atoms with Gasteiger partial charge in [0.15, 0.2) is 0 Å². The van der Waals surface area contributed by atoms with E-state index in [0.717, 1.165) is 5.56 Å². The molecule has 2 aromatic carbocycles. The monoisotopic (exact) mass is 294 g/mol. The van der Waals surface area contributed by atoms with Crippen LogP contribution in [-0.4, -0.2) is 5.84 Å². The minimum atomic E-state index is -0.0527. The van der Waals surface area contributed by atoms with Gasteiger partial charge in [0, 0.05) is 10.0 Å². The van der Waals surface area contributed by atoms with Crippen molar-refractivity contribution in [1.29, 1.82) is 5.41 Å². The third-order valence-electron chi connectivity index (χ3n) is 2.49. The van der Waals surface area contributed by atoms with Crippen LogP contribution in [-0.2, 0) is 0 Å². The first-order valence-electron chi connectivity index (χ1n) is 5.54. The van der Waals surface area contributed by atoms with Crippen LogP contribution in [0.15, 0.2) is 36.4 Å². The second kappa shape index (κ2) is 5.51. The molecule has 0 fully saturated rings. The Morgan fingerprint density at radius 2 is 1.74 bits per heavy atom. The van der Waals surface area contributed by atoms with Gasteiger partial charge in [-0.05, 0) is 42.8 Å². The normalized spacial score (nSPS) is 10.3. The number of aryl methyl sites for hydroxylation is 1. The molecule has 2 rings (SSSR count). The molecule has 3 N–H and O–H groups in total. The second-order valence-corrected chi connectivity index (χ2v) is 4.99. The maximum absolute atomic E-state index is 7.54. The minimum Gasteiger partial charge on any atom is -0.456 e. The maximum Gasteiger partial charge on any atom is 0.138 e. The number of nitrogens with two attached hydrogens (primary N) is 1. The highest BCUT2D eigenvalue weighted by Crippen LogP contribution is 2.30. The van der Waals surface area contributed by atoms with Crippen LogP contribution in [0.25, 0.3) is 0 Å². The molecule has 0 aliphatic rings. The van der Waals surface area contributed by atoms with Gasteiger partial charge in [0.2, 0.25) is 0 Å². The zero-order valence-electron chi connectivity index (χ0n) is 10.2. The summed E-state index contributed by atoms with van der Waals surface area (Å²) in [4.78, 5) is 0. The molecule has 0 saturated carbocycles. The summed E-state index contributed by atoms with van der Waals surface area (Å²) in [7, 11) is 0. The van der Waals surface area contributed by atoms with Crippen LogP contribution in [0.4, 0.5) is 0 Å². The van der Waals surface area contributed by atoms with Gasteiger partial charge in [0.05, 0.1) is 5.56 Å². The fraction of sp³-hybridized carbons (Fsp3) is 0.0714. The number of hydrogen-bond donors (Lipinski definition) is 2. The standard InChI is InChI=1S/C14H12Cl2N2O/c1-8-2-3-12(14(17)18)13(4-8)19-11-6-9(15)5-10(16)7-11/h2-7H,1H3,(H3,17,18). The Labute approximate surface area is 121 Å². The number of amidine groups is 1. The number of rotatable bonds is 3. The van der Waals surface area contributed by atoms with Gasteiger partial charge in [-0.1, -0.05) is 29.3 Å². The summed E-state index contributed by atoms with van der Waals surface area (Å²) >= 11 is 11.8. The fourth-order valence-corrected chi connectivity index (χ4v) is 2.16. The van der Waals surface area contributed by atoms with Crippen molar-refractivity contribution in [3.63, 3.8) is 0 Å². The molecule has 3 nitrogen and oxygen atoms in total. The molecule has 0 heterocycles. The summed E-state index contributed by atoms with van der Waals surface area (Å²) in [5.74, 6) is 0.958. The molecule has 0 spiro atoms. The second-order valence-electron chi connectivity index (χ2n) is 4.12. The van der Waals surface area contributed by atoms with Crippen LogP contribution in [0, 0.1) is 12.3 Å². The van der Waals surface area contributed by atoms with E-state index < -0.39 is 0 Å². The first-order chi connectivity index (χ1) is 8.95. The summed E-state index contributed by atoms with van der Waals surface area (Å²) in [5.41, 5.74) is 7.07. The van der Waals surface area contributed by atoms with Gasteiger partial charge in [-0.25, -0.2) is 0 Å². The van der Waals surface area contributed by atoms with Crippen molar-refractivity contribution in [1.82, 2.24) is 0 Å². The Kier molecular flexibility index (Phi) is 3.98. The van der Waals surface area contributed by atoms with Crippen molar-refractivity contribution in [3.8, 4) is 11.5 Å². The zero-order chi connectivity index (χ0) is 14.0. The Morgan fingerprint density at radius 1 is 1.11 bits per heavy atom. The Bertz CT molecular complexity index is 621. The van der Waals surface area contributed by atoms with E-state index in [4.69, 9.17) is 39.1 Å². The lowest BCUT2D eigenvalue weighted by Crippen LogP contribution is -2.12. The molecule has 0 aliphatic carbocycles. The highest BCUT2D eigenvalue weighted by atomic mass is 35.5. The lowest BCUT2D eigenvalue weighted by molar-refractivity contribution is 0.481. The summed E-state index contributed by atoms with van der Waals surface area (Å²) in [5, 5.41) is 8.51. The maximum atomic E-state index is 7.54. The predicted molar refractivity (Wildman–Crippen MR) is 78.7 cm³/mol. The molecular weight excluding hydrogens is 283 g/mol. The largest absolute Gasteiger partial charge is 0.456 e. The van der Waals surface area contributed by atoms with Crippen LogP contribution in [0.5, 0.6) is 11.5 Å². The first-order valence-corrected chi connectivity index (χ1v) is 6.30. The third kappa shape index (κ3) is 3.40. The van der Waals surface area contributed by atoms with Crippen molar-refractivity contribution < 1.29 is 4.74 Å². The number of halogens is 2. The Hall–Kier alpha value is -1.71. The summed E-state index contributed by atoms with van der Waals surface area (Å²) in [6.45, 7) is 1.93. The number of hydrogen-bond acceptors (Lipinski definition) is 2. The van der Waals surface area contributed by atoms with E-state index in [1.807, 2.05) is 19.1 Å². The molecule has 0 unspecified atom stereocenters. The molecule has 0 saturated heterocycles. The molecule has 0 aromatic heterocycles. The topological polar surface area (TPSA) is 59.1 Å². The third-order valence-corrected chi connectivity index (χ3v) is 2.93. The average Bonchev–Trinajstić information content (AvgIpc) is 2.26. The van der Waals surface area contributed by atoms with E-state index in [2.05, 4.69) is 0 Å². The zero-order valence-corrected chi connectivity index (χ0v) is 11.7. The van der Waals surface area contributed by atoms with Crippen molar-refractivity contribution in [2.24, 2.45) is 5.73 Å². The molecule has 98 valence electrons. The summed E-state index contributed by atoms with van der Waals surface area (Å²) in [6.07, 6.45) is 0. The lowest BCUT2D eigenvalue weighted by Gasteiger charge is -2.11. The molecule has 2 aromatic rings. The smallest absolute Gasteiger partial charge is 0.138 e. The van der Waals surface area contributed by atoms with E-state index >= 15 is 0 Å². The molecule has 0 bridgehead atoms. The van der Waals surface area contributed by atoms with Crippen molar-refractivity contribution in [2.75, 3.05) is 0 Å². The fourth-order valence-electron chi connectivity index (χ4n) is 1.65. The predicted octanol–water partition coefficient (Wildman–Crippen LogP) is 4.38. The van der Waals surface area contributed by atoms with E-state index in [-0.39, 0.29) is 5.84 Å². The quantitative estimate of drug-likeness (QED) is 0.652. The van der Waals surface area contributed by atoms with E-state index in [1.165, 1.54) is 0 Å². The van der Waals surface area contributed by atoms with Gasteiger partial charge in [-0.3, -0.25) is 5.41 Å². The van der Waals surface area contributed by atoms with Crippen LogP contribution in [0.3, 0.4) is 0 Å². The van der Waals surface area contributed by atoms with Crippen LogP contribution in [0.2, 0.25) is 10.0 Å². The minimum absolute atomic E-state index is 0.0527. The Morgan fingerprint density at radius 3 is 2.32 bits per heavy atom. The molecule has 0 atom stereocenters. The van der Waals surface area contributed by atoms with Crippen LogP contribution < -0.4 is 10.5 Å². The van der Waals surface area contributed by atoms with Crippen LogP contribution >= 0.6 is 23.2 Å². The SMILES string of the molecule is Cc1ccc(C(=N)N)c(Oc2cc(Cl)cc(Cl)c2)c1. The van der Waals surface area contributed by atoms with Crippen molar-refractivity contribution >= 4 is 29.0 Å². The number of ether oxygens (including phenoxy) is 1. The lowest BCUT2D eigenvalue weighted by atomic mass is 10.1. The molecule has 5 heteroatoms. The van der Waals surface area contributed by atoms with Crippen LogP contribution in [0.1, 0.15) is 11.1 Å². The van der Waals surface area contributed by atoms with E-state index in [0.29, 0.717) is 27.1 Å². The van der Waals surface area contributed by atoms with Gasteiger partial charge in [-0.15, -0.1) is 0 Å². The average molecular weight is 295 g/mol. The van der Waals surface area contributed by atoms with Gasteiger partial charge < -0.3 is 10.5 Å². The van der Waals surface area contributed by atoms with Gasteiger partial charge in [0.25, 0.3) is 0 Å². The molecule has 0 amide bonds. The highest BCUT2D eigenvalue weighted by molar-refractivity contribution is 6.34.